The van der Waals surface area contributed by atoms with Gasteiger partial charge >= 0.3 is 0 Å². The van der Waals surface area contributed by atoms with Crippen molar-refractivity contribution in [1.82, 2.24) is 14.5 Å². The molecule has 3 aromatic rings. The number of benzene rings is 1. The third kappa shape index (κ3) is 2.33. The fourth-order valence-electron chi connectivity index (χ4n) is 2.14. The van der Waals surface area contributed by atoms with E-state index in [-0.39, 0.29) is 5.56 Å². The van der Waals surface area contributed by atoms with Crippen LogP contribution in [-0.4, -0.2) is 14.5 Å². The summed E-state index contributed by atoms with van der Waals surface area (Å²) < 4.78 is 2.29. The topological polar surface area (TPSA) is 47.8 Å². The van der Waals surface area contributed by atoms with E-state index in [1.165, 1.54) is 0 Å². The molecule has 3 rings (SSSR count). The molecule has 0 atom stereocenters. The Morgan fingerprint density at radius 3 is 2.85 bits per heavy atom. The molecule has 1 aromatic carbocycles. The van der Waals surface area contributed by atoms with E-state index in [0.29, 0.717) is 10.1 Å². The van der Waals surface area contributed by atoms with Crippen molar-refractivity contribution in [3.8, 4) is 0 Å². The maximum absolute atomic E-state index is 12.2. The largest absolute Gasteiger partial charge is 0.294 e. The summed E-state index contributed by atoms with van der Waals surface area (Å²) in [6.07, 6.45) is 3.37. The second-order valence-electron chi connectivity index (χ2n) is 4.57. The standard InChI is InChI=1S/C15H12IN3O/c1-10-13(16)15(20)19(9-18-10)8-12-5-2-4-11-6-3-7-17-14(11)12/h2-7,9H,8H2,1H3. The molecule has 0 amide bonds. The molecule has 0 bridgehead atoms. The zero-order chi connectivity index (χ0) is 14.1. The van der Waals surface area contributed by atoms with E-state index in [9.17, 15) is 4.79 Å². The van der Waals surface area contributed by atoms with Crippen molar-refractivity contribution in [2.24, 2.45) is 0 Å². The second kappa shape index (κ2) is 5.32. The molecule has 0 fully saturated rings. The number of halogens is 1. The number of rotatable bonds is 2. The van der Waals surface area contributed by atoms with Crippen LogP contribution in [0.1, 0.15) is 11.3 Å². The van der Waals surface area contributed by atoms with Crippen molar-refractivity contribution in [3.63, 3.8) is 0 Å². The van der Waals surface area contributed by atoms with Gasteiger partial charge in [-0.25, -0.2) is 4.98 Å². The summed E-state index contributed by atoms with van der Waals surface area (Å²) >= 11 is 2.04. The molecular formula is C15H12IN3O. The summed E-state index contributed by atoms with van der Waals surface area (Å²) in [5, 5.41) is 1.08. The molecule has 0 aliphatic carbocycles. The Morgan fingerprint density at radius 2 is 2.00 bits per heavy atom. The highest BCUT2D eigenvalue weighted by molar-refractivity contribution is 14.1. The number of pyridine rings is 1. The summed E-state index contributed by atoms with van der Waals surface area (Å²) in [4.78, 5) is 20.9. The molecule has 5 heteroatoms. The van der Waals surface area contributed by atoms with E-state index >= 15 is 0 Å². The Balaban J connectivity index is 2.11. The summed E-state index contributed by atoms with van der Waals surface area (Å²) in [5.74, 6) is 0. The van der Waals surface area contributed by atoms with E-state index in [1.807, 2.05) is 59.8 Å². The molecule has 2 heterocycles. The van der Waals surface area contributed by atoms with Gasteiger partial charge in [-0.15, -0.1) is 0 Å². The minimum absolute atomic E-state index is 0.00830. The number of aryl methyl sites for hydroxylation is 1. The van der Waals surface area contributed by atoms with Gasteiger partial charge in [-0.1, -0.05) is 24.3 Å². The van der Waals surface area contributed by atoms with E-state index in [4.69, 9.17) is 0 Å². The van der Waals surface area contributed by atoms with Crippen LogP contribution in [-0.2, 0) is 6.54 Å². The average molecular weight is 377 g/mol. The van der Waals surface area contributed by atoms with Crippen molar-refractivity contribution in [2.45, 2.75) is 13.5 Å². The Labute approximate surface area is 129 Å². The SMILES string of the molecule is Cc1ncn(Cc2cccc3cccnc23)c(=O)c1I. The second-order valence-corrected chi connectivity index (χ2v) is 5.65. The molecule has 0 aliphatic heterocycles. The van der Waals surface area contributed by atoms with Crippen LogP contribution in [0.4, 0.5) is 0 Å². The molecule has 0 radical (unpaired) electrons. The number of hydrogen-bond donors (Lipinski definition) is 0. The van der Waals surface area contributed by atoms with Gasteiger partial charge in [-0.3, -0.25) is 14.3 Å². The fourth-order valence-corrected chi connectivity index (χ4v) is 2.59. The molecule has 0 spiro atoms. The molecule has 4 nitrogen and oxygen atoms in total. The number of para-hydroxylation sites is 1. The minimum Gasteiger partial charge on any atom is -0.294 e. The highest BCUT2D eigenvalue weighted by Crippen LogP contribution is 2.16. The molecule has 0 saturated carbocycles. The van der Waals surface area contributed by atoms with Gasteiger partial charge in [-0.05, 0) is 41.1 Å². The van der Waals surface area contributed by atoms with Crippen LogP contribution >= 0.6 is 22.6 Å². The van der Waals surface area contributed by atoms with Gasteiger partial charge in [0, 0.05) is 11.6 Å². The zero-order valence-electron chi connectivity index (χ0n) is 10.9. The third-order valence-electron chi connectivity index (χ3n) is 3.21. The van der Waals surface area contributed by atoms with Crippen molar-refractivity contribution >= 4 is 33.5 Å². The lowest BCUT2D eigenvalue weighted by Crippen LogP contribution is -2.24. The van der Waals surface area contributed by atoms with Crippen molar-refractivity contribution in [3.05, 3.63) is 68.0 Å². The first-order valence-electron chi connectivity index (χ1n) is 6.21. The molecule has 2 aromatic heterocycles. The van der Waals surface area contributed by atoms with Crippen LogP contribution in [0, 0.1) is 10.5 Å². The van der Waals surface area contributed by atoms with Gasteiger partial charge < -0.3 is 0 Å². The van der Waals surface area contributed by atoms with Crippen molar-refractivity contribution in [1.29, 1.82) is 0 Å². The Bertz CT molecular complexity index is 837. The minimum atomic E-state index is -0.00830. The number of nitrogens with zero attached hydrogens (tertiary/aromatic N) is 3. The van der Waals surface area contributed by atoms with Crippen LogP contribution in [0.2, 0.25) is 0 Å². The Kier molecular flexibility index (Phi) is 3.52. The number of aromatic nitrogens is 3. The predicted molar refractivity (Wildman–Crippen MR) is 86.8 cm³/mol. The zero-order valence-corrected chi connectivity index (χ0v) is 13.0. The van der Waals surface area contributed by atoms with E-state index in [2.05, 4.69) is 9.97 Å². The maximum atomic E-state index is 12.2. The van der Waals surface area contributed by atoms with Crippen LogP contribution in [0.5, 0.6) is 0 Å². The van der Waals surface area contributed by atoms with Crippen LogP contribution < -0.4 is 5.56 Å². The normalized spacial score (nSPS) is 10.9. The molecule has 20 heavy (non-hydrogen) atoms. The molecular weight excluding hydrogens is 365 g/mol. The van der Waals surface area contributed by atoms with Gasteiger partial charge in [0.2, 0.25) is 0 Å². The lowest BCUT2D eigenvalue weighted by Gasteiger charge is -2.09. The van der Waals surface area contributed by atoms with Gasteiger partial charge in [0.25, 0.3) is 5.56 Å². The van der Waals surface area contributed by atoms with E-state index < -0.39 is 0 Å². The monoisotopic (exact) mass is 377 g/mol. The molecule has 0 N–H and O–H groups in total. The first-order chi connectivity index (χ1) is 9.66. The highest BCUT2D eigenvalue weighted by Gasteiger charge is 2.08. The lowest BCUT2D eigenvalue weighted by molar-refractivity contribution is 0.726. The van der Waals surface area contributed by atoms with Crippen LogP contribution in [0.25, 0.3) is 10.9 Å². The number of hydrogen-bond acceptors (Lipinski definition) is 3. The molecule has 0 aliphatic rings. The van der Waals surface area contributed by atoms with Crippen molar-refractivity contribution in [2.75, 3.05) is 0 Å². The van der Waals surface area contributed by atoms with Crippen molar-refractivity contribution < 1.29 is 0 Å². The van der Waals surface area contributed by atoms with Gasteiger partial charge in [0.15, 0.2) is 0 Å². The van der Waals surface area contributed by atoms with E-state index in [1.54, 1.807) is 17.1 Å². The quantitative estimate of drug-likeness (QED) is 0.646. The van der Waals surface area contributed by atoms with Crippen LogP contribution in [0.15, 0.2) is 47.7 Å². The van der Waals surface area contributed by atoms with Crippen LogP contribution in [0.3, 0.4) is 0 Å². The third-order valence-corrected chi connectivity index (χ3v) is 4.46. The van der Waals surface area contributed by atoms with Gasteiger partial charge in [0.1, 0.15) is 0 Å². The first-order valence-corrected chi connectivity index (χ1v) is 7.29. The smallest absolute Gasteiger partial charge is 0.267 e. The summed E-state index contributed by atoms with van der Waals surface area (Å²) in [6, 6.07) is 9.93. The Hall–Kier alpha value is -1.76. The first kappa shape index (κ1) is 13.2. The summed E-state index contributed by atoms with van der Waals surface area (Å²) in [7, 11) is 0. The lowest BCUT2D eigenvalue weighted by atomic mass is 10.1. The number of fused-ring (bicyclic) bond motifs is 1. The summed E-state index contributed by atoms with van der Waals surface area (Å²) in [6.45, 7) is 2.32. The molecule has 0 unspecified atom stereocenters. The fraction of sp³-hybridized carbons (Fsp3) is 0.133. The highest BCUT2D eigenvalue weighted by atomic mass is 127. The summed E-state index contributed by atoms with van der Waals surface area (Å²) in [5.41, 5.74) is 2.71. The maximum Gasteiger partial charge on any atom is 0.267 e. The average Bonchev–Trinajstić information content (AvgIpc) is 2.48. The molecule has 100 valence electrons. The van der Waals surface area contributed by atoms with Gasteiger partial charge in [-0.2, -0.15) is 0 Å². The Morgan fingerprint density at radius 1 is 1.20 bits per heavy atom. The van der Waals surface area contributed by atoms with Gasteiger partial charge in [0.05, 0.1) is 27.7 Å². The van der Waals surface area contributed by atoms with E-state index in [0.717, 1.165) is 22.2 Å². The predicted octanol–water partition coefficient (Wildman–Crippen LogP) is 2.75. The molecule has 0 saturated heterocycles.